The van der Waals surface area contributed by atoms with Crippen molar-refractivity contribution < 1.29 is 14.3 Å². The van der Waals surface area contributed by atoms with E-state index in [1.165, 1.54) is 0 Å². The van der Waals surface area contributed by atoms with Gasteiger partial charge in [-0.25, -0.2) is 0 Å². The van der Waals surface area contributed by atoms with Gasteiger partial charge < -0.3 is 15.4 Å². The highest BCUT2D eigenvalue weighted by Gasteiger charge is 2.19. The average Bonchev–Trinajstić information content (AvgIpc) is 2.75. The van der Waals surface area contributed by atoms with E-state index in [2.05, 4.69) is 26.6 Å². The lowest BCUT2D eigenvalue weighted by atomic mass is 10.1. The van der Waals surface area contributed by atoms with Crippen molar-refractivity contribution in [1.29, 1.82) is 0 Å². The van der Waals surface area contributed by atoms with Crippen LogP contribution in [0.15, 0.2) is 77.3 Å². The summed E-state index contributed by atoms with van der Waals surface area (Å²) in [6, 6.07) is 21.8. The first kappa shape index (κ1) is 22.6. The second kappa shape index (κ2) is 10.3. The van der Waals surface area contributed by atoms with Gasteiger partial charge >= 0.3 is 0 Å². The van der Waals surface area contributed by atoms with Crippen LogP contribution in [0.2, 0.25) is 0 Å². The zero-order valence-corrected chi connectivity index (χ0v) is 19.3. The first-order chi connectivity index (χ1) is 14.8. The molecule has 0 aliphatic rings. The van der Waals surface area contributed by atoms with Crippen molar-refractivity contribution in [3.8, 4) is 5.75 Å². The number of benzene rings is 3. The summed E-state index contributed by atoms with van der Waals surface area (Å²) in [4.78, 5) is 26.0. The van der Waals surface area contributed by atoms with Crippen molar-refractivity contribution in [3.05, 3.63) is 94.0 Å². The number of nitrogens with one attached hydrogen (secondary N) is 2. The lowest BCUT2D eigenvalue weighted by Gasteiger charge is -2.17. The van der Waals surface area contributed by atoms with E-state index in [0.29, 0.717) is 22.6 Å². The van der Waals surface area contributed by atoms with Crippen molar-refractivity contribution in [2.24, 2.45) is 0 Å². The second-order valence-electron chi connectivity index (χ2n) is 7.41. The Hall–Kier alpha value is -3.12. The molecule has 160 valence electrons. The highest BCUT2D eigenvalue weighted by Crippen LogP contribution is 2.26. The Balaban J connectivity index is 1.82. The van der Waals surface area contributed by atoms with Gasteiger partial charge in [0.2, 0.25) is 0 Å². The van der Waals surface area contributed by atoms with Gasteiger partial charge in [-0.05, 0) is 56.7 Å². The number of hydrogen-bond donors (Lipinski definition) is 2. The van der Waals surface area contributed by atoms with Crippen LogP contribution < -0.4 is 15.4 Å². The number of amides is 2. The van der Waals surface area contributed by atoms with Gasteiger partial charge in [0, 0.05) is 4.47 Å². The Morgan fingerprint density at radius 3 is 2.23 bits per heavy atom. The summed E-state index contributed by atoms with van der Waals surface area (Å²) >= 11 is 3.40. The summed E-state index contributed by atoms with van der Waals surface area (Å²) in [6.07, 6.45) is -0.0785. The minimum absolute atomic E-state index is 0.0785. The van der Waals surface area contributed by atoms with Crippen molar-refractivity contribution >= 4 is 33.4 Å². The molecule has 0 saturated heterocycles. The molecule has 0 fully saturated rings. The van der Waals surface area contributed by atoms with Crippen molar-refractivity contribution in [3.63, 3.8) is 0 Å². The molecule has 0 spiro atoms. The van der Waals surface area contributed by atoms with E-state index in [1.54, 1.807) is 36.4 Å². The molecule has 1 unspecified atom stereocenters. The maximum Gasteiger partial charge on any atom is 0.259 e. The molecule has 0 saturated carbocycles. The molecule has 5 nitrogen and oxygen atoms in total. The van der Waals surface area contributed by atoms with Crippen LogP contribution in [0.1, 0.15) is 53.1 Å². The number of anilines is 1. The Morgan fingerprint density at radius 1 is 0.839 bits per heavy atom. The van der Waals surface area contributed by atoms with Gasteiger partial charge in [0.1, 0.15) is 5.75 Å². The third-order valence-electron chi connectivity index (χ3n) is 4.62. The standard InChI is InChI=1S/C25H25BrN2O3/c1-16(2)31-23-14-13-19(26)15-21(23)25(30)28-22-12-8-7-11-20(22)24(29)27-17(3)18-9-5-4-6-10-18/h4-17H,1-3H3,(H,27,29)(H,28,30). The quantitative estimate of drug-likeness (QED) is 0.436. The first-order valence-electron chi connectivity index (χ1n) is 10.1. The molecule has 0 bridgehead atoms. The predicted molar refractivity (Wildman–Crippen MR) is 127 cm³/mol. The summed E-state index contributed by atoms with van der Waals surface area (Å²) < 4.78 is 6.54. The summed E-state index contributed by atoms with van der Waals surface area (Å²) in [5.74, 6) is -0.135. The summed E-state index contributed by atoms with van der Waals surface area (Å²) in [5, 5.41) is 5.85. The third-order valence-corrected chi connectivity index (χ3v) is 5.11. The van der Waals surface area contributed by atoms with E-state index in [4.69, 9.17) is 4.74 Å². The van der Waals surface area contributed by atoms with Gasteiger partial charge in [0.05, 0.1) is 29.0 Å². The second-order valence-corrected chi connectivity index (χ2v) is 8.33. The minimum atomic E-state index is -0.353. The first-order valence-corrected chi connectivity index (χ1v) is 10.9. The summed E-state index contributed by atoms with van der Waals surface area (Å²) in [6.45, 7) is 5.72. The van der Waals surface area contributed by atoms with Crippen LogP contribution in [0, 0.1) is 0 Å². The van der Waals surface area contributed by atoms with Crippen LogP contribution >= 0.6 is 15.9 Å². The zero-order valence-electron chi connectivity index (χ0n) is 17.7. The average molecular weight is 481 g/mol. The molecule has 3 aromatic rings. The Labute approximate surface area is 191 Å². The zero-order chi connectivity index (χ0) is 22.4. The van der Waals surface area contributed by atoms with Crippen LogP contribution in [0.4, 0.5) is 5.69 Å². The highest BCUT2D eigenvalue weighted by molar-refractivity contribution is 9.10. The fourth-order valence-electron chi connectivity index (χ4n) is 3.12. The Bertz CT molecular complexity index is 1070. The monoisotopic (exact) mass is 480 g/mol. The molecular weight excluding hydrogens is 456 g/mol. The molecule has 1 atom stereocenters. The normalized spacial score (nSPS) is 11.6. The van der Waals surface area contributed by atoms with Crippen LogP contribution in [0.5, 0.6) is 5.75 Å². The fourth-order valence-corrected chi connectivity index (χ4v) is 3.48. The van der Waals surface area contributed by atoms with Crippen molar-refractivity contribution in [1.82, 2.24) is 5.32 Å². The van der Waals surface area contributed by atoms with E-state index in [-0.39, 0.29) is 24.0 Å². The molecule has 0 radical (unpaired) electrons. The maximum atomic E-state index is 13.0. The largest absolute Gasteiger partial charge is 0.490 e. The number of carbonyl (C=O) groups is 2. The van der Waals surface area contributed by atoms with Gasteiger partial charge in [-0.15, -0.1) is 0 Å². The lowest BCUT2D eigenvalue weighted by molar-refractivity contribution is 0.0940. The van der Waals surface area contributed by atoms with Crippen molar-refractivity contribution in [2.45, 2.75) is 32.9 Å². The molecule has 0 aromatic heterocycles. The summed E-state index contributed by atoms with van der Waals surface area (Å²) in [5.41, 5.74) is 2.21. The number of hydrogen-bond acceptors (Lipinski definition) is 3. The van der Waals surface area contributed by atoms with Gasteiger partial charge in [-0.1, -0.05) is 58.4 Å². The lowest BCUT2D eigenvalue weighted by Crippen LogP contribution is -2.28. The number of halogens is 1. The maximum absolute atomic E-state index is 13.0. The van der Waals surface area contributed by atoms with E-state index < -0.39 is 0 Å². The van der Waals surface area contributed by atoms with E-state index in [9.17, 15) is 9.59 Å². The molecule has 0 aliphatic heterocycles. The molecule has 2 amide bonds. The number of rotatable bonds is 7. The minimum Gasteiger partial charge on any atom is -0.490 e. The number of ether oxygens (including phenoxy) is 1. The van der Waals surface area contributed by atoms with Crippen LogP contribution in [0.3, 0.4) is 0 Å². The third kappa shape index (κ3) is 5.95. The molecule has 31 heavy (non-hydrogen) atoms. The van der Waals surface area contributed by atoms with Gasteiger partial charge in [0.25, 0.3) is 11.8 Å². The number of para-hydroxylation sites is 1. The molecule has 6 heteroatoms. The van der Waals surface area contributed by atoms with Crippen LogP contribution in [-0.4, -0.2) is 17.9 Å². The molecule has 0 aliphatic carbocycles. The molecular formula is C25H25BrN2O3. The van der Waals surface area contributed by atoms with Crippen LogP contribution in [-0.2, 0) is 0 Å². The van der Waals surface area contributed by atoms with E-state index in [1.807, 2.05) is 57.2 Å². The SMILES string of the molecule is CC(C)Oc1ccc(Br)cc1C(=O)Nc1ccccc1C(=O)NC(C)c1ccccc1. The Kier molecular flexibility index (Phi) is 7.47. The van der Waals surface area contributed by atoms with Crippen LogP contribution in [0.25, 0.3) is 0 Å². The molecule has 3 rings (SSSR count). The number of carbonyl (C=O) groups excluding carboxylic acids is 2. The summed E-state index contributed by atoms with van der Waals surface area (Å²) in [7, 11) is 0. The molecule has 0 heterocycles. The fraction of sp³-hybridized carbons (Fsp3) is 0.200. The predicted octanol–water partition coefficient (Wildman–Crippen LogP) is 5.98. The van der Waals surface area contributed by atoms with Gasteiger partial charge in [0.15, 0.2) is 0 Å². The van der Waals surface area contributed by atoms with E-state index in [0.717, 1.165) is 10.0 Å². The van der Waals surface area contributed by atoms with E-state index >= 15 is 0 Å². The smallest absolute Gasteiger partial charge is 0.259 e. The molecule has 3 aromatic carbocycles. The Morgan fingerprint density at radius 2 is 1.52 bits per heavy atom. The van der Waals surface area contributed by atoms with Gasteiger partial charge in [-0.3, -0.25) is 9.59 Å². The highest BCUT2D eigenvalue weighted by atomic mass is 79.9. The molecule has 2 N–H and O–H groups in total. The topological polar surface area (TPSA) is 67.4 Å². The van der Waals surface area contributed by atoms with Crippen molar-refractivity contribution in [2.75, 3.05) is 5.32 Å². The van der Waals surface area contributed by atoms with Gasteiger partial charge in [-0.2, -0.15) is 0 Å².